The second-order valence-corrected chi connectivity index (χ2v) is 6.55. The highest BCUT2D eigenvalue weighted by atomic mass is 16.4. The number of nitrogens with zero attached hydrogens (tertiary/aromatic N) is 1. The number of nitrogens with two attached hydrogens (primary N) is 1. The summed E-state index contributed by atoms with van der Waals surface area (Å²) in [6, 6.07) is 16.4. The first-order valence-corrected chi connectivity index (χ1v) is 8.88. The number of carboxylic acid groups (broad SMARTS) is 1. The molecule has 142 valence electrons. The number of para-hydroxylation sites is 1. The molecule has 3 aromatic rings. The first-order valence-electron chi connectivity index (χ1n) is 8.88. The zero-order valence-corrected chi connectivity index (χ0v) is 15.5. The summed E-state index contributed by atoms with van der Waals surface area (Å²) >= 11 is 0. The molecule has 4 N–H and O–H groups in total. The van der Waals surface area contributed by atoms with Gasteiger partial charge in [-0.1, -0.05) is 36.4 Å². The summed E-state index contributed by atoms with van der Waals surface area (Å²) in [6.45, 7) is 0. The number of benzene rings is 2. The van der Waals surface area contributed by atoms with Gasteiger partial charge in [-0.3, -0.25) is 9.59 Å². The van der Waals surface area contributed by atoms with E-state index in [1.54, 1.807) is 12.1 Å². The molecule has 0 unspecified atom stereocenters. The number of carboxylic acids is 1. The van der Waals surface area contributed by atoms with Crippen LogP contribution in [-0.4, -0.2) is 23.0 Å². The standard InChI is InChI=1S/C22H21N3O3/c1-25-13-12-16(18-4-2-3-5-20(18)25)9-6-15-7-10-17(11-8-15)24-21(26)14-19(23)22(27)28/h2-13,19H,14,23H2,1H3,(H,27,28)/p+1/t19-/m0/s1. The summed E-state index contributed by atoms with van der Waals surface area (Å²) < 4.78 is 2.08. The number of fused-ring (bicyclic) bond motifs is 1. The van der Waals surface area contributed by atoms with Gasteiger partial charge in [0.15, 0.2) is 6.20 Å². The summed E-state index contributed by atoms with van der Waals surface area (Å²) in [6.07, 6.45) is 5.83. The molecule has 6 nitrogen and oxygen atoms in total. The van der Waals surface area contributed by atoms with Crippen LogP contribution in [0.25, 0.3) is 23.1 Å². The molecule has 0 radical (unpaired) electrons. The van der Waals surface area contributed by atoms with Crippen molar-refractivity contribution in [3.8, 4) is 0 Å². The Hall–Kier alpha value is -3.51. The number of anilines is 1. The molecule has 2 aromatic carbocycles. The highest BCUT2D eigenvalue weighted by Gasteiger charge is 2.16. The number of hydrogen-bond acceptors (Lipinski definition) is 3. The lowest BCUT2D eigenvalue weighted by molar-refractivity contribution is -0.644. The van der Waals surface area contributed by atoms with E-state index in [4.69, 9.17) is 10.8 Å². The molecular formula is C22H22N3O3+. The maximum absolute atomic E-state index is 11.8. The summed E-state index contributed by atoms with van der Waals surface area (Å²) in [4.78, 5) is 22.5. The fourth-order valence-electron chi connectivity index (χ4n) is 2.90. The van der Waals surface area contributed by atoms with Crippen molar-refractivity contribution >= 4 is 40.6 Å². The Balaban J connectivity index is 1.70. The number of carbonyl (C=O) groups is 2. The summed E-state index contributed by atoms with van der Waals surface area (Å²) in [5.74, 6) is -1.63. The molecule has 1 aromatic heterocycles. The number of nitrogens with one attached hydrogen (secondary N) is 1. The third-order valence-electron chi connectivity index (χ3n) is 4.45. The SMILES string of the molecule is C[n+]1ccc(C=Cc2ccc(NC(=O)C[C@H](N)C(=O)O)cc2)c2ccccc21. The van der Waals surface area contributed by atoms with Crippen LogP contribution in [0.1, 0.15) is 17.5 Å². The van der Waals surface area contributed by atoms with Crippen molar-refractivity contribution in [2.24, 2.45) is 12.8 Å². The highest BCUT2D eigenvalue weighted by Crippen LogP contribution is 2.18. The largest absolute Gasteiger partial charge is 0.480 e. The van der Waals surface area contributed by atoms with Gasteiger partial charge in [0.2, 0.25) is 11.4 Å². The van der Waals surface area contributed by atoms with Gasteiger partial charge in [0.05, 0.1) is 11.8 Å². The Morgan fingerprint density at radius 1 is 1.11 bits per heavy atom. The molecule has 0 aliphatic heterocycles. The van der Waals surface area contributed by atoms with Gasteiger partial charge in [0.25, 0.3) is 0 Å². The molecule has 0 saturated carbocycles. The van der Waals surface area contributed by atoms with Gasteiger partial charge in [0, 0.05) is 17.8 Å². The molecular weight excluding hydrogens is 354 g/mol. The zero-order chi connectivity index (χ0) is 20.1. The Morgan fingerprint density at radius 3 is 2.54 bits per heavy atom. The molecule has 28 heavy (non-hydrogen) atoms. The number of hydrogen-bond donors (Lipinski definition) is 3. The van der Waals surface area contributed by atoms with Crippen molar-refractivity contribution in [2.75, 3.05) is 5.32 Å². The Kier molecular flexibility index (Phi) is 5.81. The van der Waals surface area contributed by atoms with E-state index < -0.39 is 17.9 Å². The average molecular weight is 376 g/mol. The van der Waals surface area contributed by atoms with Crippen LogP contribution in [0.15, 0.2) is 60.8 Å². The lowest BCUT2D eigenvalue weighted by atomic mass is 10.1. The lowest BCUT2D eigenvalue weighted by Gasteiger charge is -2.08. The minimum atomic E-state index is -1.20. The monoisotopic (exact) mass is 376 g/mol. The van der Waals surface area contributed by atoms with Crippen molar-refractivity contribution in [2.45, 2.75) is 12.5 Å². The molecule has 0 aliphatic carbocycles. The van der Waals surface area contributed by atoms with Crippen molar-refractivity contribution in [1.29, 1.82) is 0 Å². The minimum absolute atomic E-state index is 0.268. The molecule has 0 spiro atoms. The third kappa shape index (κ3) is 4.61. The van der Waals surface area contributed by atoms with E-state index in [2.05, 4.69) is 34.2 Å². The fraction of sp³-hybridized carbons (Fsp3) is 0.136. The van der Waals surface area contributed by atoms with Crippen molar-refractivity contribution in [1.82, 2.24) is 0 Å². The van der Waals surface area contributed by atoms with E-state index in [9.17, 15) is 9.59 Å². The van der Waals surface area contributed by atoms with Gasteiger partial charge in [-0.2, -0.15) is 0 Å². The fourth-order valence-corrected chi connectivity index (χ4v) is 2.90. The van der Waals surface area contributed by atoms with E-state index >= 15 is 0 Å². The molecule has 6 heteroatoms. The molecule has 0 fully saturated rings. The quantitative estimate of drug-likeness (QED) is 0.576. The molecule has 1 atom stereocenters. The Bertz CT molecular complexity index is 1040. The predicted octanol–water partition coefficient (Wildman–Crippen LogP) is 2.58. The van der Waals surface area contributed by atoms with Gasteiger partial charge in [-0.05, 0) is 29.3 Å². The first kappa shape index (κ1) is 19.3. The van der Waals surface area contributed by atoms with Crippen LogP contribution >= 0.6 is 0 Å². The van der Waals surface area contributed by atoms with Crippen LogP contribution in [0.5, 0.6) is 0 Å². The van der Waals surface area contributed by atoms with Crippen LogP contribution in [0.3, 0.4) is 0 Å². The number of aliphatic carboxylic acids is 1. The van der Waals surface area contributed by atoms with Gasteiger partial charge < -0.3 is 16.2 Å². The molecule has 3 rings (SSSR count). The lowest BCUT2D eigenvalue weighted by Crippen LogP contribution is -2.34. The van der Waals surface area contributed by atoms with E-state index in [0.29, 0.717) is 5.69 Å². The van der Waals surface area contributed by atoms with E-state index in [1.165, 1.54) is 5.39 Å². The van der Waals surface area contributed by atoms with Gasteiger partial charge in [0.1, 0.15) is 13.1 Å². The zero-order valence-electron chi connectivity index (χ0n) is 15.5. The van der Waals surface area contributed by atoms with Gasteiger partial charge in [-0.25, -0.2) is 4.57 Å². The smallest absolute Gasteiger partial charge is 0.321 e. The molecule has 1 heterocycles. The first-order chi connectivity index (χ1) is 13.4. The minimum Gasteiger partial charge on any atom is -0.480 e. The van der Waals surface area contributed by atoms with E-state index in [0.717, 1.165) is 16.6 Å². The molecule has 0 aliphatic rings. The average Bonchev–Trinajstić information content (AvgIpc) is 2.68. The van der Waals surface area contributed by atoms with Crippen molar-refractivity contribution in [3.63, 3.8) is 0 Å². The second kappa shape index (κ2) is 8.45. The van der Waals surface area contributed by atoms with Crippen LogP contribution in [-0.2, 0) is 16.6 Å². The molecule has 1 amide bonds. The number of pyridine rings is 1. The summed E-state index contributed by atoms with van der Waals surface area (Å²) in [5, 5.41) is 12.6. The number of carbonyl (C=O) groups excluding carboxylic acids is 1. The number of aromatic nitrogens is 1. The maximum Gasteiger partial charge on any atom is 0.321 e. The Morgan fingerprint density at radius 2 is 1.82 bits per heavy atom. The maximum atomic E-state index is 11.8. The Labute approximate surface area is 162 Å². The van der Waals surface area contributed by atoms with E-state index in [-0.39, 0.29) is 6.42 Å². The van der Waals surface area contributed by atoms with Crippen molar-refractivity contribution < 1.29 is 19.3 Å². The molecule has 0 saturated heterocycles. The van der Waals surface area contributed by atoms with Gasteiger partial charge >= 0.3 is 5.97 Å². The van der Waals surface area contributed by atoms with Gasteiger partial charge in [-0.15, -0.1) is 0 Å². The van der Waals surface area contributed by atoms with Crippen LogP contribution < -0.4 is 15.6 Å². The van der Waals surface area contributed by atoms with Crippen molar-refractivity contribution in [3.05, 3.63) is 71.9 Å². The third-order valence-corrected chi connectivity index (χ3v) is 4.45. The summed E-state index contributed by atoms with van der Waals surface area (Å²) in [7, 11) is 2.02. The second-order valence-electron chi connectivity index (χ2n) is 6.55. The van der Waals surface area contributed by atoms with Crippen LogP contribution in [0.2, 0.25) is 0 Å². The summed E-state index contributed by atoms with van der Waals surface area (Å²) in [5.41, 5.74) is 9.22. The highest BCUT2D eigenvalue weighted by molar-refractivity contribution is 5.94. The number of amides is 1. The van der Waals surface area contributed by atoms with Crippen LogP contribution in [0, 0.1) is 0 Å². The number of aryl methyl sites for hydroxylation is 1. The normalized spacial score (nSPS) is 12.2. The van der Waals surface area contributed by atoms with E-state index in [1.807, 2.05) is 43.6 Å². The predicted molar refractivity (Wildman–Crippen MR) is 109 cm³/mol. The number of rotatable bonds is 6. The molecule has 0 bridgehead atoms. The van der Waals surface area contributed by atoms with Crippen LogP contribution in [0.4, 0.5) is 5.69 Å². The topological polar surface area (TPSA) is 96.3 Å².